The first-order valence-corrected chi connectivity index (χ1v) is 6.95. The van der Waals surface area contributed by atoms with Crippen molar-refractivity contribution >= 4 is 19.5 Å². The van der Waals surface area contributed by atoms with Crippen molar-refractivity contribution in [1.29, 1.82) is 0 Å². The van der Waals surface area contributed by atoms with Gasteiger partial charge in [0.05, 0.1) is 12.5 Å². The molecule has 1 fully saturated rings. The summed E-state index contributed by atoms with van der Waals surface area (Å²) in [5.41, 5.74) is 0. The van der Waals surface area contributed by atoms with Gasteiger partial charge in [0, 0.05) is 6.42 Å². The van der Waals surface area contributed by atoms with Gasteiger partial charge in [-0.1, -0.05) is 27.2 Å². The molecule has 0 aromatic rings. The molecule has 2 N–H and O–H groups in total. The molecule has 1 rings (SSSR count). The monoisotopic (exact) mass is 292 g/mol. The molecule has 0 spiro atoms. The van der Waals surface area contributed by atoms with Crippen molar-refractivity contribution in [2.75, 3.05) is 0 Å². The fraction of sp³-hybridized carbons (Fsp3) is 0.929. The number of rotatable bonds is 6. The summed E-state index contributed by atoms with van der Waals surface area (Å²) in [4.78, 5) is 10.5. The van der Waals surface area contributed by atoms with Crippen LogP contribution in [0.4, 0.5) is 0 Å². The molecule has 1 aliphatic rings. The van der Waals surface area contributed by atoms with E-state index in [9.17, 15) is 9.90 Å². The zero-order chi connectivity index (χ0) is 13.7. The van der Waals surface area contributed by atoms with E-state index in [1.807, 2.05) is 0 Å². The lowest BCUT2D eigenvalue weighted by molar-refractivity contribution is -0.174. The van der Waals surface area contributed by atoms with Crippen molar-refractivity contribution in [3.8, 4) is 0 Å². The number of hydrogen-bond acceptors (Lipinski definition) is 3. The van der Waals surface area contributed by atoms with Gasteiger partial charge in [-0.15, -0.1) is 0 Å². The highest BCUT2D eigenvalue weighted by Gasteiger charge is 2.32. The van der Waals surface area contributed by atoms with Crippen molar-refractivity contribution < 1.29 is 19.7 Å². The van der Waals surface area contributed by atoms with E-state index in [-0.39, 0.29) is 32.4 Å². The van der Waals surface area contributed by atoms with E-state index in [4.69, 9.17) is 9.84 Å². The first-order valence-electron chi connectivity index (χ1n) is 6.95. The molecule has 0 heterocycles. The van der Waals surface area contributed by atoms with Crippen molar-refractivity contribution in [2.24, 2.45) is 17.8 Å². The van der Waals surface area contributed by atoms with E-state index in [1.54, 1.807) is 0 Å². The van der Waals surface area contributed by atoms with Crippen molar-refractivity contribution in [1.82, 2.24) is 0 Å². The van der Waals surface area contributed by atoms with Gasteiger partial charge in [0.2, 0.25) is 0 Å². The Labute approximate surface area is 123 Å². The molecule has 0 saturated heterocycles. The standard InChI is InChI=1S/C14H26O4.H2S/c1-9(2)11-5-4-10(3)8-12(11)18-14(17)7-6-13(15)16;/h9-12,14,17H,4-8H2,1-3H3,(H,15,16);1H2/t10-,11+,12-,14?;/m1./s1. The van der Waals surface area contributed by atoms with Gasteiger partial charge >= 0.3 is 5.97 Å². The number of aliphatic carboxylic acids is 1. The average Bonchev–Trinajstić information content (AvgIpc) is 2.26. The van der Waals surface area contributed by atoms with Crippen LogP contribution in [-0.2, 0) is 9.53 Å². The first-order chi connectivity index (χ1) is 8.40. The first kappa shape index (κ1) is 18.7. The van der Waals surface area contributed by atoms with Gasteiger partial charge in [-0.3, -0.25) is 4.79 Å². The summed E-state index contributed by atoms with van der Waals surface area (Å²) in [6.45, 7) is 6.57. The number of aliphatic hydroxyl groups is 1. The molecule has 0 amide bonds. The third kappa shape index (κ3) is 6.63. The second-order valence-electron chi connectivity index (χ2n) is 5.89. The van der Waals surface area contributed by atoms with E-state index >= 15 is 0 Å². The molecule has 0 radical (unpaired) electrons. The van der Waals surface area contributed by atoms with Gasteiger partial charge < -0.3 is 14.9 Å². The Morgan fingerprint density at radius 3 is 2.53 bits per heavy atom. The van der Waals surface area contributed by atoms with Gasteiger partial charge in [-0.2, -0.15) is 13.5 Å². The zero-order valence-electron chi connectivity index (χ0n) is 12.1. The molecule has 1 unspecified atom stereocenters. The van der Waals surface area contributed by atoms with Crippen LogP contribution in [0.15, 0.2) is 0 Å². The lowest BCUT2D eigenvalue weighted by Crippen LogP contribution is -2.37. The molecule has 114 valence electrons. The van der Waals surface area contributed by atoms with Crippen LogP contribution >= 0.6 is 13.5 Å². The third-order valence-corrected chi connectivity index (χ3v) is 3.90. The van der Waals surface area contributed by atoms with Crippen LogP contribution in [0, 0.1) is 17.8 Å². The highest BCUT2D eigenvalue weighted by molar-refractivity contribution is 7.59. The summed E-state index contributed by atoms with van der Waals surface area (Å²) in [7, 11) is 0. The lowest BCUT2D eigenvalue weighted by atomic mass is 9.75. The number of ether oxygens (including phenoxy) is 1. The van der Waals surface area contributed by atoms with Crippen LogP contribution in [-0.4, -0.2) is 28.6 Å². The van der Waals surface area contributed by atoms with E-state index in [0.717, 1.165) is 12.8 Å². The topological polar surface area (TPSA) is 66.8 Å². The molecule has 0 aromatic heterocycles. The molecule has 1 saturated carbocycles. The number of carboxylic acid groups (broad SMARTS) is 1. The summed E-state index contributed by atoms with van der Waals surface area (Å²) in [6, 6.07) is 0. The van der Waals surface area contributed by atoms with Crippen LogP contribution in [0.2, 0.25) is 0 Å². The Hall–Kier alpha value is -0.260. The van der Waals surface area contributed by atoms with Gasteiger partial charge in [-0.25, -0.2) is 0 Å². The average molecular weight is 292 g/mol. The summed E-state index contributed by atoms with van der Waals surface area (Å²) in [5, 5.41) is 18.3. The van der Waals surface area contributed by atoms with E-state index in [0.29, 0.717) is 17.8 Å². The maximum absolute atomic E-state index is 10.5. The summed E-state index contributed by atoms with van der Waals surface area (Å²) in [5.74, 6) is 0.738. The number of carbonyl (C=O) groups is 1. The number of hydrogen-bond donors (Lipinski definition) is 2. The summed E-state index contributed by atoms with van der Waals surface area (Å²) >= 11 is 0. The third-order valence-electron chi connectivity index (χ3n) is 3.90. The highest BCUT2D eigenvalue weighted by atomic mass is 32.1. The maximum Gasteiger partial charge on any atom is 0.303 e. The normalized spacial score (nSPS) is 28.8. The highest BCUT2D eigenvalue weighted by Crippen LogP contribution is 2.35. The lowest BCUT2D eigenvalue weighted by Gasteiger charge is -2.38. The number of aliphatic hydroxyl groups excluding tert-OH is 1. The summed E-state index contributed by atoms with van der Waals surface area (Å²) in [6.07, 6.45) is 2.56. The predicted octanol–water partition coefficient (Wildman–Crippen LogP) is 2.76. The molecular formula is C14H28O4S. The minimum absolute atomic E-state index is 0. The molecule has 0 aliphatic heterocycles. The Bertz CT molecular complexity index is 270. The van der Waals surface area contributed by atoms with Crippen LogP contribution in [0.1, 0.15) is 52.9 Å². The Kier molecular flexibility index (Phi) is 8.70. The van der Waals surface area contributed by atoms with E-state index < -0.39 is 12.3 Å². The van der Waals surface area contributed by atoms with Gasteiger partial charge in [-0.05, 0) is 30.6 Å². The maximum atomic E-state index is 10.5. The SMILES string of the molecule is CC(C)[C@@H]1CC[C@@H](C)C[C@H]1OC(O)CCC(=O)O.S. The van der Waals surface area contributed by atoms with E-state index in [1.165, 1.54) is 6.42 Å². The largest absolute Gasteiger partial charge is 0.481 e. The minimum Gasteiger partial charge on any atom is -0.481 e. The van der Waals surface area contributed by atoms with Crippen molar-refractivity contribution in [2.45, 2.75) is 65.3 Å². The molecule has 4 atom stereocenters. The smallest absolute Gasteiger partial charge is 0.303 e. The van der Waals surface area contributed by atoms with Gasteiger partial charge in [0.15, 0.2) is 6.29 Å². The second-order valence-corrected chi connectivity index (χ2v) is 5.89. The van der Waals surface area contributed by atoms with Crippen LogP contribution in [0.5, 0.6) is 0 Å². The van der Waals surface area contributed by atoms with Crippen LogP contribution < -0.4 is 0 Å². The number of carboxylic acids is 1. The van der Waals surface area contributed by atoms with Crippen LogP contribution in [0.25, 0.3) is 0 Å². The Morgan fingerprint density at radius 2 is 2.00 bits per heavy atom. The quantitative estimate of drug-likeness (QED) is 0.739. The van der Waals surface area contributed by atoms with Gasteiger partial charge in [0.25, 0.3) is 0 Å². The molecule has 0 aromatic carbocycles. The fourth-order valence-corrected chi connectivity index (χ4v) is 2.79. The van der Waals surface area contributed by atoms with Crippen molar-refractivity contribution in [3.05, 3.63) is 0 Å². The van der Waals surface area contributed by atoms with Crippen molar-refractivity contribution in [3.63, 3.8) is 0 Å². The fourth-order valence-electron chi connectivity index (χ4n) is 2.79. The zero-order valence-corrected chi connectivity index (χ0v) is 13.1. The molecule has 1 aliphatic carbocycles. The Morgan fingerprint density at radius 1 is 1.37 bits per heavy atom. The Balaban J connectivity index is 0.00000324. The molecule has 5 heteroatoms. The van der Waals surface area contributed by atoms with E-state index in [2.05, 4.69) is 20.8 Å². The summed E-state index contributed by atoms with van der Waals surface area (Å²) < 4.78 is 5.68. The molecule has 0 bridgehead atoms. The predicted molar refractivity (Wildman–Crippen MR) is 79.5 cm³/mol. The molecule has 4 nitrogen and oxygen atoms in total. The molecule has 19 heavy (non-hydrogen) atoms. The van der Waals surface area contributed by atoms with Crippen LogP contribution in [0.3, 0.4) is 0 Å². The van der Waals surface area contributed by atoms with Gasteiger partial charge in [0.1, 0.15) is 0 Å². The molecular weight excluding hydrogens is 264 g/mol. The second kappa shape index (κ2) is 8.82. The minimum atomic E-state index is -0.947.